The fraction of sp³-hybridized carbons (Fsp3) is 0.120. The molecule has 0 fully saturated rings. The van der Waals surface area contributed by atoms with E-state index in [0.29, 0.717) is 22.6 Å². The van der Waals surface area contributed by atoms with Crippen molar-refractivity contribution in [2.45, 2.75) is 6.18 Å². The van der Waals surface area contributed by atoms with Gasteiger partial charge in [0.05, 0.1) is 30.9 Å². The molecule has 0 N–H and O–H groups in total. The molecule has 4 aromatic rings. The van der Waals surface area contributed by atoms with E-state index >= 15 is 0 Å². The summed E-state index contributed by atoms with van der Waals surface area (Å²) in [5.41, 5.74) is 0.0331. The van der Waals surface area contributed by atoms with Crippen molar-refractivity contribution in [1.29, 1.82) is 0 Å². The van der Waals surface area contributed by atoms with E-state index in [1.165, 1.54) is 32.5 Å². The zero-order valence-corrected chi connectivity index (χ0v) is 17.2. The van der Waals surface area contributed by atoms with Gasteiger partial charge in [-0.1, -0.05) is 48.5 Å². The minimum absolute atomic E-state index is 0.144. The van der Waals surface area contributed by atoms with Crippen molar-refractivity contribution < 1.29 is 27.4 Å². The number of carbonyl (C=O) groups excluding carboxylic acids is 1. The first-order valence-corrected chi connectivity index (χ1v) is 9.67. The van der Waals surface area contributed by atoms with E-state index in [2.05, 4.69) is 4.98 Å². The third-order valence-electron chi connectivity index (χ3n) is 5.16. The molecule has 0 aliphatic carbocycles. The maximum absolute atomic E-state index is 13.7. The molecule has 0 saturated heterocycles. The highest BCUT2D eigenvalue weighted by molar-refractivity contribution is 6.17. The molecule has 0 saturated carbocycles. The first kappa shape index (κ1) is 21.4. The Morgan fingerprint density at radius 3 is 2.03 bits per heavy atom. The van der Waals surface area contributed by atoms with Crippen molar-refractivity contribution in [1.82, 2.24) is 4.98 Å². The SMILES string of the molecule is COc1cccc(OC)c1-c1c(C(=O)c2ccccc2)cnc2c(C(F)(F)F)cccc12. The van der Waals surface area contributed by atoms with Gasteiger partial charge in [-0.25, -0.2) is 0 Å². The number of methoxy groups -OCH3 is 2. The lowest BCUT2D eigenvalue weighted by molar-refractivity contribution is -0.136. The van der Waals surface area contributed by atoms with Crippen molar-refractivity contribution in [3.63, 3.8) is 0 Å². The van der Waals surface area contributed by atoms with E-state index in [9.17, 15) is 18.0 Å². The fourth-order valence-electron chi connectivity index (χ4n) is 3.74. The maximum Gasteiger partial charge on any atom is 0.418 e. The minimum Gasteiger partial charge on any atom is -0.496 e. The van der Waals surface area contributed by atoms with Gasteiger partial charge < -0.3 is 9.47 Å². The Hall–Kier alpha value is -3.87. The monoisotopic (exact) mass is 437 g/mol. The third kappa shape index (κ3) is 3.66. The number of alkyl halides is 3. The molecule has 0 aliphatic rings. The number of halogens is 3. The van der Waals surface area contributed by atoms with E-state index in [1.807, 2.05) is 0 Å². The number of rotatable bonds is 5. The zero-order chi connectivity index (χ0) is 22.9. The van der Waals surface area contributed by atoms with E-state index in [0.717, 1.165) is 6.07 Å². The van der Waals surface area contributed by atoms with Gasteiger partial charge in [0.25, 0.3) is 0 Å². The number of carbonyl (C=O) groups is 1. The molecule has 4 nitrogen and oxygen atoms in total. The Bertz CT molecular complexity index is 1280. The molecule has 0 spiro atoms. The number of pyridine rings is 1. The molecule has 1 heterocycles. The topological polar surface area (TPSA) is 48.4 Å². The Morgan fingerprint density at radius 2 is 1.44 bits per heavy atom. The lowest BCUT2D eigenvalue weighted by atomic mass is 9.90. The normalized spacial score (nSPS) is 11.4. The quantitative estimate of drug-likeness (QED) is 0.351. The smallest absolute Gasteiger partial charge is 0.418 e. The number of hydrogen-bond acceptors (Lipinski definition) is 4. The van der Waals surface area contributed by atoms with Crippen LogP contribution < -0.4 is 9.47 Å². The highest BCUT2D eigenvalue weighted by Gasteiger charge is 2.34. The second-order valence-corrected chi connectivity index (χ2v) is 6.98. The van der Waals surface area contributed by atoms with Crippen molar-refractivity contribution in [3.05, 3.63) is 89.6 Å². The lowest BCUT2D eigenvalue weighted by Crippen LogP contribution is -2.10. The zero-order valence-electron chi connectivity index (χ0n) is 17.2. The number of hydrogen-bond donors (Lipinski definition) is 0. The van der Waals surface area contributed by atoms with Crippen LogP contribution in [0.25, 0.3) is 22.0 Å². The molecule has 3 aromatic carbocycles. The molecule has 1 aromatic heterocycles. The average molecular weight is 437 g/mol. The molecular formula is C25H18F3NO3. The van der Waals surface area contributed by atoms with Crippen LogP contribution in [0, 0.1) is 0 Å². The second-order valence-electron chi connectivity index (χ2n) is 6.98. The van der Waals surface area contributed by atoms with Gasteiger partial charge in [-0.05, 0) is 18.2 Å². The van der Waals surface area contributed by atoms with Crippen LogP contribution in [0.1, 0.15) is 21.5 Å². The highest BCUT2D eigenvalue weighted by atomic mass is 19.4. The summed E-state index contributed by atoms with van der Waals surface area (Å²) in [4.78, 5) is 17.5. The van der Waals surface area contributed by atoms with Crippen molar-refractivity contribution in [2.75, 3.05) is 14.2 Å². The number of ether oxygens (including phenoxy) is 2. The van der Waals surface area contributed by atoms with Gasteiger partial charge in [0.15, 0.2) is 5.78 Å². The molecule has 4 rings (SSSR count). The summed E-state index contributed by atoms with van der Waals surface area (Å²) in [5.74, 6) is 0.341. The summed E-state index contributed by atoms with van der Waals surface area (Å²) >= 11 is 0. The van der Waals surface area contributed by atoms with Crippen LogP contribution in [0.4, 0.5) is 13.2 Å². The third-order valence-corrected chi connectivity index (χ3v) is 5.16. The molecular weight excluding hydrogens is 419 g/mol. The largest absolute Gasteiger partial charge is 0.496 e. The summed E-state index contributed by atoms with van der Waals surface area (Å²) in [6.07, 6.45) is -3.42. The summed E-state index contributed by atoms with van der Waals surface area (Å²) in [7, 11) is 2.89. The summed E-state index contributed by atoms with van der Waals surface area (Å²) < 4.78 is 52.1. The second kappa shape index (κ2) is 8.34. The van der Waals surface area contributed by atoms with Gasteiger partial charge in [0, 0.05) is 28.3 Å². The van der Waals surface area contributed by atoms with Crippen LogP contribution in [0.2, 0.25) is 0 Å². The van der Waals surface area contributed by atoms with Crippen LogP contribution in [0.3, 0.4) is 0 Å². The van der Waals surface area contributed by atoms with E-state index < -0.39 is 11.7 Å². The molecule has 32 heavy (non-hydrogen) atoms. The Balaban J connectivity index is 2.15. The Morgan fingerprint density at radius 1 is 0.812 bits per heavy atom. The standard InChI is InChI=1S/C25H18F3NO3/c1-31-19-12-7-13-20(32-2)22(19)21-16-10-6-11-18(25(26,27)28)23(16)29-14-17(21)24(30)15-8-4-3-5-9-15/h3-14H,1-2H3. The fourth-order valence-corrected chi connectivity index (χ4v) is 3.74. The lowest BCUT2D eigenvalue weighted by Gasteiger charge is -2.19. The minimum atomic E-state index is -4.61. The van der Waals surface area contributed by atoms with Crippen molar-refractivity contribution in [3.8, 4) is 22.6 Å². The Kier molecular flexibility index (Phi) is 5.57. The summed E-state index contributed by atoms with van der Waals surface area (Å²) in [6.45, 7) is 0. The van der Waals surface area contributed by atoms with Gasteiger partial charge in [-0.2, -0.15) is 13.2 Å². The Labute approximate surface area is 182 Å². The molecule has 0 amide bonds. The molecule has 0 aliphatic heterocycles. The van der Waals surface area contributed by atoms with Crippen molar-refractivity contribution in [2.24, 2.45) is 0 Å². The van der Waals surface area contributed by atoms with Crippen LogP contribution in [-0.4, -0.2) is 25.0 Å². The molecule has 0 atom stereocenters. The van der Waals surface area contributed by atoms with Crippen LogP contribution in [0.5, 0.6) is 11.5 Å². The molecule has 7 heteroatoms. The average Bonchev–Trinajstić information content (AvgIpc) is 2.81. The predicted molar refractivity (Wildman–Crippen MR) is 115 cm³/mol. The van der Waals surface area contributed by atoms with Gasteiger partial charge in [-0.15, -0.1) is 0 Å². The van der Waals surface area contributed by atoms with Crippen molar-refractivity contribution >= 4 is 16.7 Å². The molecule has 162 valence electrons. The number of benzene rings is 3. The predicted octanol–water partition coefficient (Wildman–Crippen LogP) is 6.17. The first-order chi connectivity index (χ1) is 15.4. The number of nitrogens with zero attached hydrogens (tertiary/aromatic N) is 1. The maximum atomic E-state index is 13.7. The van der Waals surface area contributed by atoms with E-state index in [4.69, 9.17) is 9.47 Å². The van der Waals surface area contributed by atoms with E-state index in [-0.39, 0.29) is 27.8 Å². The van der Waals surface area contributed by atoms with Crippen LogP contribution in [-0.2, 0) is 6.18 Å². The molecule has 0 radical (unpaired) electrons. The van der Waals surface area contributed by atoms with Gasteiger partial charge in [0.1, 0.15) is 11.5 Å². The van der Waals surface area contributed by atoms with Crippen LogP contribution >= 0.6 is 0 Å². The van der Waals surface area contributed by atoms with E-state index in [1.54, 1.807) is 48.5 Å². The highest BCUT2D eigenvalue weighted by Crippen LogP contribution is 2.45. The number of para-hydroxylation sites is 1. The van der Waals surface area contributed by atoms with Gasteiger partial charge >= 0.3 is 6.18 Å². The molecule has 0 unspecified atom stereocenters. The molecule has 0 bridgehead atoms. The number of aromatic nitrogens is 1. The summed E-state index contributed by atoms with van der Waals surface area (Å²) in [5, 5.41) is 0.171. The van der Waals surface area contributed by atoms with Crippen LogP contribution in [0.15, 0.2) is 72.9 Å². The summed E-state index contributed by atoms with van der Waals surface area (Å²) in [6, 6.07) is 17.3. The number of ketones is 1. The first-order valence-electron chi connectivity index (χ1n) is 9.67. The number of fused-ring (bicyclic) bond motifs is 1. The van der Waals surface area contributed by atoms with Gasteiger partial charge in [-0.3, -0.25) is 9.78 Å². The van der Waals surface area contributed by atoms with Gasteiger partial charge in [0.2, 0.25) is 0 Å².